The number of aromatic nitrogens is 2. The highest BCUT2D eigenvalue weighted by atomic mass is 31.2. The van der Waals surface area contributed by atoms with Gasteiger partial charge < -0.3 is 18.9 Å². The van der Waals surface area contributed by atoms with E-state index in [1.807, 2.05) is 12.1 Å². The third-order valence-electron chi connectivity index (χ3n) is 4.44. The molecule has 0 fully saturated rings. The number of hydrogen-bond acceptors (Lipinski definition) is 5. The van der Waals surface area contributed by atoms with Crippen LogP contribution in [0.2, 0.25) is 0 Å². The van der Waals surface area contributed by atoms with E-state index in [2.05, 4.69) is 5.27 Å². The first kappa shape index (κ1) is 18.0. The zero-order valence-electron chi connectivity index (χ0n) is 15.1. The van der Waals surface area contributed by atoms with E-state index in [-0.39, 0.29) is 5.44 Å². The predicted molar refractivity (Wildman–Crippen MR) is 103 cm³/mol. The van der Waals surface area contributed by atoms with Crippen molar-refractivity contribution in [1.29, 1.82) is 0 Å². The van der Waals surface area contributed by atoms with Crippen molar-refractivity contribution in [2.75, 3.05) is 7.11 Å². The summed E-state index contributed by atoms with van der Waals surface area (Å²) < 4.78 is 25.9. The summed E-state index contributed by atoms with van der Waals surface area (Å²) in [6.45, 7) is 0. The zero-order valence-corrected chi connectivity index (χ0v) is 16.0. The maximum atomic E-state index is 14.5. The second kappa shape index (κ2) is 7.33. The Labute approximate surface area is 162 Å². The Hall–Kier alpha value is -3.37. The van der Waals surface area contributed by atoms with Crippen molar-refractivity contribution in [2.45, 2.75) is 0 Å². The van der Waals surface area contributed by atoms with E-state index in [0.717, 1.165) is 0 Å². The molecule has 0 aliphatic heterocycles. The highest BCUT2D eigenvalue weighted by Crippen LogP contribution is 2.43. The summed E-state index contributed by atoms with van der Waals surface area (Å²) in [5, 5.41) is 17.6. The molecule has 7 heteroatoms. The van der Waals surface area contributed by atoms with E-state index in [4.69, 9.17) is 9.26 Å². The van der Waals surface area contributed by atoms with Crippen molar-refractivity contribution < 1.29 is 23.6 Å². The highest BCUT2D eigenvalue weighted by molar-refractivity contribution is 7.85. The number of rotatable bonds is 5. The predicted octanol–water partition coefficient (Wildman–Crippen LogP) is 1.67. The molecule has 0 aliphatic carbocycles. The van der Waals surface area contributed by atoms with Crippen LogP contribution in [0.4, 0.5) is 0 Å². The smallest absolute Gasteiger partial charge is 0.305 e. The minimum Gasteiger partial charge on any atom is -0.538 e. The molecule has 0 N–H and O–H groups in total. The number of benzene rings is 3. The third-order valence-corrected chi connectivity index (χ3v) is 7.46. The lowest BCUT2D eigenvalue weighted by Gasteiger charge is -2.16. The molecule has 1 heterocycles. The maximum absolute atomic E-state index is 14.5. The molecule has 0 saturated carbocycles. The van der Waals surface area contributed by atoms with Crippen molar-refractivity contribution in [2.24, 2.45) is 0 Å². The van der Waals surface area contributed by atoms with Gasteiger partial charge in [0.2, 0.25) is 12.8 Å². The summed E-state index contributed by atoms with van der Waals surface area (Å²) in [6.07, 6.45) is 0. The molecule has 6 nitrogen and oxygen atoms in total. The first-order chi connectivity index (χ1) is 13.6. The molecule has 3 aromatic carbocycles. The molecular weight excluding hydrogens is 375 g/mol. The van der Waals surface area contributed by atoms with Crippen molar-refractivity contribution in [3.8, 4) is 17.4 Å². The Bertz CT molecular complexity index is 1080. The average Bonchev–Trinajstić information content (AvgIpc) is 3.16. The highest BCUT2D eigenvalue weighted by Gasteiger charge is 2.42. The van der Waals surface area contributed by atoms with E-state index in [1.165, 1.54) is 4.68 Å². The van der Waals surface area contributed by atoms with E-state index in [0.29, 0.717) is 22.0 Å². The fraction of sp³-hybridized carbons (Fsp3) is 0.0476. The first-order valence-electron chi connectivity index (χ1n) is 8.60. The van der Waals surface area contributed by atoms with Crippen molar-refractivity contribution in [1.82, 2.24) is 5.27 Å². The topological polar surface area (TPSA) is 79.3 Å². The molecule has 4 rings (SSSR count). The maximum Gasteiger partial charge on any atom is 0.305 e. The molecule has 1 aromatic heterocycles. The number of ether oxygens (including phenoxy) is 1. The number of methoxy groups -OCH3 is 1. The summed E-state index contributed by atoms with van der Waals surface area (Å²) in [7, 11) is -1.96. The van der Waals surface area contributed by atoms with Gasteiger partial charge in [0.25, 0.3) is 0 Å². The lowest BCUT2D eigenvalue weighted by molar-refractivity contribution is -0.654. The van der Waals surface area contributed by atoms with Crippen LogP contribution in [0.3, 0.4) is 0 Å². The van der Waals surface area contributed by atoms with Crippen LogP contribution in [-0.2, 0) is 4.57 Å². The van der Waals surface area contributed by atoms with E-state index < -0.39 is 13.1 Å². The average molecular weight is 392 g/mol. The van der Waals surface area contributed by atoms with Gasteiger partial charge in [-0.1, -0.05) is 60.7 Å². The lowest BCUT2D eigenvalue weighted by atomic mass is 10.3. The molecule has 28 heavy (non-hydrogen) atoms. The summed E-state index contributed by atoms with van der Waals surface area (Å²) >= 11 is 0. The molecule has 0 radical (unpaired) electrons. The summed E-state index contributed by atoms with van der Waals surface area (Å²) in [6, 6.07) is 24.8. The largest absolute Gasteiger partial charge is 0.538 e. The molecule has 4 aromatic rings. The van der Waals surface area contributed by atoms with E-state index in [9.17, 15) is 9.67 Å². The van der Waals surface area contributed by atoms with Crippen molar-refractivity contribution in [3.63, 3.8) is 0 Å². The Morgan fingerprint density at radius 3 is 1.93 bits per heavy atom. The van der Waals surface area contributed by atoms with Crippen molar-refractivity contribution in [3.05, 3.63) is 84.9 Å². The van der Waals surface area contributed by atoms with Crippen LogP contribution in [0, 0.1) is 0 Å². The van der Waals surface area contributed by atoms with Gasteiger partial charge in [-0.25, -0.2) is 0 Å². The summed E-state index contributed by atoms with van der Waals surface area (Å²) in [5.74, 6) is -0.0714. The summed E-state index contributed by atoms with van der Waals surface area (Å²) in [5.41, 5.74) is 0.545. The van der Waals surface area contributed by atoms with Crippen LogP contribution < -0.4 is 30.6 Å². The lowest BCUT2D eigenvalue weighted by Crippen LogP contribution is -2.50. The standard InChI is InChI=1S/C21H17N2O4P/c1-26-17-14-12-16(13-15-17)23-20(21(24)27-22-23)28(25,18-8-4-2-5-9-18)19-10-6-3-7-11-19/h2-15H,1H3. The van der Waals surface area contributed by atoms with Gasteiger partial charge in [-0.15, -0.1) is 0 Å². The van der Waals surface area contributed by atoms with Gasteiger partial charge in [-0.05, 0) is 16.8 Å². The van der Waals surface area contributed by atoms with Crippen LogP contribution in [0.25, 0.3) is 5.69 Å². The Kier molecular flexibility index (Phi) is 4.72. The molecule has 0 saturated heterocycles. The second-order valence-corrected chi connectivity index (χ2v) is 8.75. The van der Waals surface area contributed by atoms with Gasteiger partial charge in [0.1, 0.15) is 5.75 Å². The van der Waals surface area contributed by atoms with Gasteiger partial charge in [-0.2, -0.15) is 0 Å². The normalized spacial score (nSPS) is 11.3. The monoisotopic (exact) mass is 392 g/mol. The van der Waals surface area contributed by atoms with Gasteiger partial charge in [-0.3, -0.25) is 0 Å². The first-order valence-corrected chi connectivity index (χ1v) is 10.3. The van der Waals surface area contributed by atoms with Crippen molar-refractivity contribution >= 4 is 23.2 Å². The Balaban J connectivity index is 1.98. The Morgan fingerprint density at radius 2 is 1.43 bits per heavy atom. The summed E-state index contributed by atoms with van der Waals surface area (Å²) in [4.78, 5) is 0. The number of hydrogen-bond donors (Lipinski definition) is 0. The van der Waals surface area contributed by atoms with E-state index >= 15 is 0 Å². The zero-order chi connectivity index (χ0) is 19.6. The van der Waals surface area contributed by atoms with Crippen LogP contribution in [0.1, 0.15) is 0 Å². The molecule has 0 amide bonds. The minimum absolute atomic E-state index is 0.00457. The Morgan fingerprint density at radius 1 is 0.893 bits per heavy atom. The van der Waals surface area contributed by atoms with Gasteiger partial charge >= 0.3 is 5.44 Å². The van der Waals surface area contributed by atoms with Crippen LogP contribution in [0.5, 0.6) is 11.7 Å². The molecule has 140 valence electrons. The van der Waals surface area contributed by atoms with Crippen LogP contribution in [-0.4, -0.2) is 12.4 Å². The second-order valence-electron chi connectivity index (χ2n) is 6.07. The minimum atomic E-state index is -3.53. The number of nitrogens with zero attached hydrogens (tertiary/aromatic N) is 2. The quantitative estimate of drug-likeness (QED) is 0.381. The molecular formula is C21H17N2O4P. The molecule has 0 bridgehead atoms. The van der Waals surface area contributed by atoms with E-state index in [1.54, 1.807) is 79.9 Å². The molecule has 0 spiro atoms. The van der Waals surface area contributed by atoms with Gasteiger partial charge in [0, 0.05) is 22.7 Å². The molecule has 0 atom stereocenters. The third kappa shape index (κ3) is 2.98. The van der Waals surface area contributed by atoms with Crippen LogP contribution in [0.15, 0.2) is 89.5 Å². The fourth-order valence-corrected chi connectivity index (χ4v) is 5.76. The van der Waals surface area contributed by atoms with Gasteiger partial charge in [0.15, 0.2) is 5.95 Å². The van der Waals surface area contributed by atoms with Crippen LogP contribution >= 0.6 is 7.14 Å². The molecule has 0 aliphatic rings. The molecule has 0 unspecified atom stereocenters. The SMILES string of the molecule is COc1ccc(-[n+]2noc([O-])c2P(=O)(c2ccccc2)c2ccccc2)cc1. The van der Waals surface area contributed by atoms with Gasteiger partial charge in [0.05, 0.1) is 12.4 Å². The fourth-order valence-electron chi connectivity index (χ4n) is 3.07.